The molecule has 1 saturated carbocycles. The lowest BCUT2D eigenvalue weighted by Gasteiger charge is -2.29. The van der Waals surface area contributed by atoms with Crippen LogP contribution >= 0.6 is 0 Å². The summed E-state index contributed by atoms with van der Waals surface area (Å²) < 4.78 is 5.08. The van der Waals surface area contributed by atoms with Crippen molar-refractivity contribution in [1.29, 1.82) is 0 Å². The van der Waals surface area contributed by atoms with Crippen molar-refractivity contribution in [2.24, 2.45) is 5.92 Å². The van der Waals surface area contributed by atoms with Gasteiger partial charge >= 0.3 is 5.97 Å². The lowest BCUT2D eigenvalue weighted by atomic mass is 9.86. The van der Waals surface area contributed by atoms with Gasteiger partial charge in [-0.2, -0.15) is 0 Å². The monoisotopic (exact) mass is 298 g/mol. The molecule has 5 heteroatoms. The van der Waals surface area contributed by atoms with Gasteiger partial charge < -0.3 is 20.1 Å². The minimum atomic E-state index is -0.286. The van der Waals surface area contributed by atoms with Crippen molar-refractivity contribution in [2.75, 3.05) is 32.8 Å². The van der Waals surface area contributed by atoms with Crippen LogP contribution in [0.15, 0.2) is 0 Å². The van der Waals surface area contributed by atoms with E-state index in [-0.39, 0.29) is 18.0 Å². The van der Waals surface area contributed by atoms with E-state index < -0.39 is 0 Å². The van der Waals surface area contributed by atoms with Gasteiger partial charge in [-0.25, -0.2) is 0 Å². The Balaban J connectivity index is 1.58. The molecular formula is C16H30N2O3. The molecule has 2 aliphatic rings. The number of β-amino-alcohol motifs (C(OH)–C–C–N with tert-alkyl or cyclic N) is 1. The number of ether oxygens (including phenoxy) is 1. The Labute approximate surface area is 128 Å². The first kappa shape index (κ1) is 16.7. The predicted octanol–water partition coefficient (Wildman–Crippen LogP) is 1.15. The Bertz CT molecular complexity index is 311. The van der Waals surface area contributed by atoms with Gasteiger partial charge in [-0.05, 0) is 58.5 Å². The SMILES string of the molecule is CCOC(=O)C1CCC(NCC(O)CN2CCCC2)CC1. The van der Waals surface area contributed by atoms with Crippen LogP contribution in [0.1, 0.15) is 45.4 Å². The van der Waals surface area contributed by atoms with Crippen molar-refractivity contribution in [2.45, 2.75) is 57.6 Å². The largest absolute Gasteiger partial charge is 0.466 e. The molecule has 1 atom stereocenters. The quantitative estimate of drug-likeness (QED) is 0.691. The number of aliphatic hydroxyl groups is 1. The van der Waals surface area contributed by atoms with E-state index >= 15 is 0 Å². The highest BCUT2D eigenvalue weighted by Crippen LogP contribution is 2.25. The number of rotatable bonds is 7. The van der Waals surface area contributed by atoms with E-state index in [0.29, 0.717) is 19.2 Å². The summed E-state index contributed by atoms with van der Waals surface area (Å²) in [6.45, 7) is 6.02. The van der Waals surface area contributed by atoms with E-state index in [4.69, 9.17) is 4.74 Å². The first-order valence-corrected chi connectivity index (χ1v) is 8.49. The first-order valence-electron chi connectivity index (χ1n) is 8.49. The molecule has 5 nitrogen and oxygen atoms in total. The third-order valence-electron chi connectivity index (χ3n) is 4.66. The summed E-state index contributed by atoms with van der Waals surface area (Å²) in [5.74, 6) is 0.0440. The van der Waals surface area contributed by atoms with Gasteiger partial charge in [-0.3, -0.25) is 4.79 Å². The second-order valence-electron chi connectivity index (χ2n) is 6.37. The highest BCUT2D eigenvalue weighted by atomic mass is 16.5. The normalized spacial score (nSPS) is 28.5. The molecule has 122 valence electrons. The van der Waals surface area contributed by atoms with Crippen LogP contribution in [-0.2, 0) is 9.53 Å². The van der Waals surface area contributed by atoms with Crippen LogP contribution in [-0.4, -0.2) is 60.9 Å². The van der Waals surface area contributed by atoms with Gasteiger partial charge in [-0.1, -0.05) is 0 Å². The molecule has 0 bridgehead atoms. The van der Waals surface area contributed by atoms with E-state index in [1.807, 2.05) is 6.92 Å². The summed E-state index contributed by atoms with van der Waals surface area (Å²) in [6, 6.07) is 0.434. The number of esters is 1. The lowest BCUT2D eigenvalue weighted by molar-refractivity contribution is -0.149. The number of hydrogen-bond acceptors (Lipinski definition) is 5. The molecule has 1 saturated heterocycles. The molecule has 0 amide bonds. The summed E-state index contributed by atoms with van der Waals surface area (Å²) in [6.07, 6.45) is 6.04. The highest BCUT2D eigenvalue weighted by Gasteiger charge is 2.27. The van der Waals surface area contributed by atoms with Gasteiger partial charge in [0, 0.05) is 19.1 Å². The fraction of sp³-hybridized carbons (Fsp3) is 0.938. The molecule has 0 aromatic rings. The number of nitrogens with zero attached hydrogens (tertiary/aromatic N) is 1. The van der Waals surface area contributed by atoms with Crippen LogP contribution < -0.4 is 5.32 Å². The van der Waals surface area contributed by atoms with Gasteiger partial charge in [0.05, 0.1) is 18.6 Å². The Hall–Kier alpha value is -0.650. The number of nitrogens with one attached hydrogen (secondary N) is 1. The number of likely N-dealkylation sites (tertiary alicyclic amines) is 1. The maximum Gasteiger partial charge on any atom is 0.308 e. The van der Waals surface area contributed by atoms with Crippen LogP contribution in [0.25, 0.3) is 0 Å². The fourth-order valence-electron chi connectivity index (χ4n) is 3.42. The zero-order valence-corrected chi connectivity index (χ0v) is 13.2. The Morgan fingerprint density at radius 3 is 2.57 bits per heavy atom. The molecule has 2 N–H and O–H groups in total. The smallest absolute Gasteiger partial charge is 0.308 e. The van der Waals surface area contributed by atoms with Gasteiger partial charge in [0.2, 0.25) is 0 Å². The molecular weight excluding hydrogens is 268 g/mol. The minimum Gasteiger partial charge on any atom is -0.466 e. The molecule has 0 radical (unpaired) electrons. The van der Waals surface area contributed by atoms with Crippen molar-refractivity contribution in [1.82, 2.24) is 10.2 Å². The summed E-state index contributed by atoms with van der Waals surface area (Å²) in [7, 11) is 0. The third-order valence-corrected chi connectivity index (χ3v) is 4.66. The minimum absolute atomic E-state index is 0.0370. The number of carbonyl (C=O) groups excluding carboxylic acids is 1. The van der Waals surface area contributed by atoms with E-state index in [9.17, 15) is 9.90 Å². The second-order valence-corrected chi connectivity index (χ2v) is 6.37. The van der Waals surface area contributed by atoms with Crippen molar-refractivity contribution < 1.29 is 14.6 Å². The van der Waals surface area contributed by atoms with Crippen molar-refractivity contribution >= 4 is 5.97 Å². The van der Waals surface area contributed by atoms with Gasteiger partial charge in [0.25, 0.3) is 0 Å². The number of hydrogen-bond donors (Lipinski definition) is 2. The van der Waals surface area contributed by atoms with Gasteiger partial charge in [-0.15, -0.1) is 0 Å². The molecule has 2 rings (SSSR count). The Morgan fingerprint density at radius 1 is 1.29 bits per heavy atom. The standard InChI is InChI=1S/C16H30N2O3/c1-2-21-16(20)13-5-7-14(8-6-13)17-11-15(19)12-18-9-3-4-10-18/h13-15,17,19H,2-12H2,1H3. The lowest BCUT2D eigenvalue weighted by Crippen LogP contribution is -2.42. The zero-order valence-electron chi connectivity index (χ0n) is 13.2. The average Bonchev–Trinajstić information content (AvgIpc) is 2.99. The molecule has 1 aliphatic carbocycles. The molecule has 2 fully saturated rings. The van der Waals surface area contributed by atoms with Gasteiger partial charge in [0.15, 0.2) is 0 Å². The van der Waals surface area contributed by atoms with Crippen LogP contribution in [0, 0.1) is 5.92 Å². The third kappa shape index (κ3) is 5.57. The maximum absolute atomic E-state index is 11.7. The summed E-state index contributed by atoms with van der Waals surface area (Å²) >= 11 is 0. The average molecular weight is 298 g/mol. The molecule has 21 heavy (non-hydrogen) atoms. The summed E-state index contributed by atoms with van der Waals surface area (Å²) in [5, 5.41) is 13.5. The van der Waals surface area contributed by atoms with E-state index in [1.165, 1.54) is 12.8 Å². The summed E-state index contributed by atoms with van der Waals surface area (Å²) in [4.78, 5) is 14.0. The van der Waals surface area contributed by atoms with Crippen LogP contribution in [0.3, 0.4) is 0 Å². The molecule has 1 aliphatic heterocycles. The van der Waals surface area contributed by atoms with E-state index in [2.05, 4.69) is 10.2 Å². The Morgan fingerprint density at radius 2 is 1.95 bits per heavy atom. The molecule has 0 aromatic heterocycles. The van der Waals surface area contributed by atoms with Crippen LogP contribution in [0.5, 0.6) is 0 Å². The first-order chi connectivity index (χ1) is 10.2. The topological polar surface area (TPSA) is 61.8 Å². The fourth-order valence-corrected chi connectivity index (χ4v) is 3.42. The molecule has 0 spiro atoms. The van der Waals surface area contributed by atoms with Crippen molar-refractivity contribution in [3.05, 3.63) is 0 Å². The summed E-state index contributed by atoms with van der Waals surface area (Å²) in [5.41, 5.74) is 0. The van der Waals surface area contributed by atoms with Crippen LogP contribution in [0.2, 0.25) is 0 Å². The molecule has 1 unspecified atom stereocenters. The highest BCUT2D eigenvalue weighted by molar-refractivity contribution is 5.72. The predicted molar refractivity (Wildman–Crippen MR) is 82.1 cm³/mol. The second kappa shape index (κ2) is 8.71. The Kier molecular flexibility index (Phi) is 6.93. The van der Waals surface area contributed by atoms with Crippen molar-refractivity contribution in [3.63, 3.8) is 0 Å². The van der Waals surface area contributed by atoms with Crippen molar-refractivity contribution in [3.8, 4) is 0 Å². The van der Waals surface area contributed by atoms with Crippen LogP contribution in [0.4, 0.5) is 0 Å². The number of carbonyl (C=O) groups is 1. The molecule has 0 aromatic carbocycles. The van der Waals surface area contributed by atoms with Gasteiger partial charge in [0.1, 0.15) is 0 Å². The zero-order chi connectivity index (χ0) is 15.1. The maximum atomic E-state index is 11.7. The molecule has 1 heterocycles. The van der Waals surface area contributed by atoms with E-state index in [1.54, 1.807) is 0 Å². The number of aliphatic hydroxyl groups excluding tert-OH is 1. The van der Waals surface area contributed by atoms with E-state index in [0.717, 1.165) is 45.3 Å².